The summed E-state index contributed by atoms with van der Waals surface area (Å²) in [6, 6.07) is 8.68. The van der Waals surface area contributed by atoms with Gasteiger partial charge in [0.2, 0.25) is 5.89 Å². The number of nitrogens with one attached hydrogen (secondary N) is 2. The molecule has 3 N–H and O–H groups in total. The molecule has 0 fully saturated rings. The molecule has 0 radical (unpaired) electrons. The molecule has 2 amide bonds. The molecule has 1 atom stereocenters. The van der Waals surface area contributed by atoms with Crippen LogP contribution in [0.2, 0.25) is 0 Å². The van der Waals surface area contributed by atoms with E-state index in [4.69, 9.17) is 14.3 Å². The number of alkyl carbamates (subject to hydrolysis) is 1. The fourth-order valence-corrected chi connectivity index (χ4v) is 2.30. The number of aromatic nitrogens is 1. The van der Waals surface area contributed by atoms with Gasteiger partial charge >= 0.3 is 12.1 Å². The Morgan fingerprint density at radius 1 is 1.21 bits per heavy atom. The molecule has 0 spiro atoms. The van der Waals surface area contributed by atoms with Gasteiger partial charge in [-0.1, -0.05) is 30.3 Å². The Bertz CT molecular complexity index is 826. The summed E-state index contributed by atoms with van der Waals surface area (Å²) in [6.07, 6.45) is 0.821. The van der Waals surface area contributed by atoms with Crippen LogP contribution in [0.1, 0.15) is 48.8 Å². The van der Waals surface area contributed by atoms with E-state index in [0.29, 0.717) is 6.42 Å². The van der Waals surface area contributed by atoms with Crippen molar-refractivity contribution < 1.29 is 28.6 Å². The van der Waals surface area contributed by atoms with Gasteiger partial charge in [-0.25, -0.2) is 9.78 Å². The van der Waals surface area contributed by atoms with Gasteiger partial charge in [-0.05, 0) is 26.3 Å². The summed E-state index contributed by atoms with van der Waals surface area (Å²) in [5.41, 5.74) is 0.152. The van der Waals surface area contributed by atoms with E-state index in [2.05, 4.69) is 15.6 Å². The van der Waals surface area contributed by atoms with Gasteiger partial charge in [0.1, 0.15) is 24.5 Å². The number of carboxylic acid groups (broad SMARTS) is 1. The molecule has 9 heteroatoms. The fraction of sp³-hybridized carbons (Fsp3) is 0.368. The average molecular weight is 389 g/mol. The minimum atomic E-state index is -1.18. The largest absolute Gasteiger partial charge is 0.480 e. The van der Waals surface area contributed by atoms with Gasteiger partial charge < -0.3 is 24.9 Å². The van der Waals surface area contributed by atoms with E-state index in [1.165, 1.54) is 0 Å². The zero-order chi connectivity index (χ0) is 20.7. The molecule has 2 aromatic rings. The van der Waals surface area contributed by atoms with Crippen LogP contribution in [0.4, 0.5) is 4.79 Å². The Morgan fingerprint density at radius 3 is 2.50 bits per heavy atom. The number of oxazole rings is 1. The van der Waals surface area contributed by atoms with Gasteiger partial charge in [-0.2, -0.15) is 0 Å². The highest BCUT2D eigenvalue weighted by molar-refractivity contribution is 5.93. The molecule has 0 aliphatic rings. The van der Waals surface area contributed by atoms with E-state index in [1.54, 1.807) is 20.8 Å². The number of hydrogen-bond donors (Lipinski definition) is 3. The number of nitrogens with zero attached hydrogens (tertiary/aromatic N) is 1. The van der Waals surface area contributed by atoms with Crippen LogP contribution >= 0.6 is 0 Å². The van der Waals surface area contributed by atoms with Crippen LogP contribution in [0.25, 0.3) is 0 Å². The Balaban J connectivity index is 2.17. The van der Waals surface area contributed by atoms with Crippen LogP contribution in [0.3, 0.4) is 0 Å². The van der Waals surface area contributed by atoms with Gasteiger partial charge in [0.15, 0.2) is 5.69 Å². The standard InChI is InChI=1S/C19H23N3O6/c1-19(2,3)28-18(26)22-13(9-12-7-5-4-6-8-12)17-21-14(11-27-17)16(25)20-10-15(23)24/h4-8,11,13H,9-10H2,1-3H3,(H,20,25)(H,22,26)(H,23,24)/t13-/m0/s1. The molecule has 0 bridgehead atoms. The molecule has 150 valence electrons. The number of carbonyl (C=O) groups is 3. The molecule has 1 heterocycles. The van der Waals surface area contributed by atoms with E-state index in [9.17, 15) is 14.4 Å². The maximum Gasteiger partial charge on any atom is 0.408 e. The van der Waals surface area contributed by atoms with Crippen molar-refractivity contribution in [3.63, 3.8) is 0 Å². The van der Waals surface area contributed by atoms with Crippen LogP contribution in [-0.2, 0) is 16.0 Å². The summed E-state index contributed by atoms with van der Waals surface area (Å²) in [5.74, 6) is -1.76. The summed E-state index contributed by atoms with van der Waals surface area (Å²) >= 11 is 0. The van der Waals surface area contributed by atoms with Crippen molar-refractivity contribution in [2.75, 3.05) is 6.54 Å². The maximum atomic E-state index is 12.2. The molecule has 0 saturated heterocycles. The summed E-state index contributed by atoms with van der Waals surface area (Å²) in [7, 11) is 0. The van der Waals surface area contributed by atoms with E-state index in [-0.39, 0.29) is 11.6 Å². The third kappa shape index (κ3) is 6.75. The van der Waals surface area contributed by atoms with E-state index in [1.807, 2.05) is 30.3 Å². The van der Waals surface area contributed by atoms with Crippen LogP contribution in [-0.4, -0.2) is 40.2 Å². The Kier molecular flexibility index (Phi) is 6.75. The van der Waals surface area contributed by atoms with Crippen molar-refractivity contribution in [3.8, 4) is 0 Å². The number of ether oxygens (including phenoxy) is 1. The first-order valence-corrected chi connectivity index (χ1v) is 8.63. The highest BCUT2D eigenvalue weighted by atomic mass is 16.6. The van der Waals surface area contributed by atoms with Crippen molar-refractivity contribution in [2.45, 2.75) is 38.8 Å². The maximum absolute atomic E-state index is 12.2. The average Bonchev–Trinajstić information content (AvgIpc) is 3.08. The minimum Gasteiger partial charge on any atom is -0.480 e. The fourth-order valence-electron chi connectivity index (χ4n) is 2.30. The van der Waals surface area contributed by atoms with Crippen molar-refractivity contribution in [1.82, 2.24) is 15.6 Å². The summed E-state index contributed by atoms with van der Waals surface area (Å²) in [6.45, 7) is 4.70. The number of carboxylic acids is 1. The van der Waals surface area contributed by atoms with E-state index in [0.717, 1.165) is 11.8 Å². The lowest BCUT2D eigenvalue weighted by molar-refractivity contribution is -0.135. The molecule has 0 unspecified atom stereocenters. The van der Waals surface area contributed by atoms with Crippen molar-refractivity contribution >= 4 is 18.0 Å². The first kappa shape index (κ1) is 20.9. The van der Waals surface area contributed by atoms with Crippen molar-refractivity contribution in [2.24, 2.45) is 0 Å². The predicted molar refractivity (Wildman–Crippen MR) is 98.7 cm³/mol. The highest BCUT2D eigenvalue weighted by Gasteiger charge is 2.25. The summed E-state index contributed by atoms with van der Waals surface area (Å²) < 4.78 is 10.7. The number of amides is 2. The van der Waals surface area contributed by atoms with Gasteiger partial charge in [-0.15, -0.1) is 0 Å². The number of rotatable bonds is 7. The zero-order valence-electron chi connectivity index (χ0n) is 15.9. The highest BCUT2D eigenvalue weighted by Crippen LogP contribution is 2.19. The molecule has 1 aromatic carbocycles. The second kappa shape index (κ2) is 9.03. The zero-order valence-corrected chi connectivity index (χ0v) is 15.9. The first-order chi connectivity index (χ1) is 13.1. The van der Waals surface area contributed by atoms with Gasteiger partial charge in [0.05, 0.1) is 0 Å². The van der Waals surface area contributed by atoms with Crippen LogP contribution in [0, 0.1) is 0 Å². The summed E-state index contributed by atoms with van der Waals surface area (Å²) in [4.78, 5) is 38.8. The number of aliphatic carboxylic acids is 1. The lowest BCUT2D eigenvalue weighted by atomic mass is 10.1. The summed E-state index contributed by atoms with van der Waals surface area (Å²) in [5, 5.41) is 13.5. The van der Waals surface area contributed by atoms with Crippen LogP contribution < -0.4 is 10.6 Å². The molecule has 0 aliphatic carbocycles. The molecular weight excluding hydrogens is 366 g/mol. The van der Waals surface area contributed by atoms with Crippen molar-refractivity contribution in [1.29, 1.82) is 0 Å². The lowest BCUT2D eigenvalue weighted by Gasteiger charge is -2.22. The van der Waals surface area contributed by atoms with Gasteiger partial charge in [-0.3, -0.25) is 9.59 Å². The van der Waals surface area contributed by atoms with Gasteiger partial charge in [0, 0.05) is 6.42 Å². The number of carbonyl (C=O) groups excluding carboxylic acids is 2. The SMILES string of the molecule is CC(C)(C)OC(=O)N[C@@H](Cc1ccccc1)c1nc(C(=O)NCC(=O)O)co1. The van der Waals surface area contributed by atoms with E-state index < -0.39 is 36.2 Å². The lowest BCUT2D eigenvalue weighted by Crippen LogP contribution is -2.36. The Hall–Kier alpha value is -3.36. The topological polar surface area (TPSA) is 131 Å². The van der Waals surface area contributed by atoms with Crippen LogP contribution in [0.15, 0.2) is 41.0 Å². The quantitative estimate of drug-likeness (QED) is 0.662. The predicted octanol–water partition coefficient (Wildman–Crippen LogP) is 2.30. The Labute approximate surface area is 162 Å². The smallest absolute Gasteiger partial charge is 0.408 e. The van der Waals surface area contributed by atoms with Crippen molar-refractivity contribution in [3.05, 3.63) is 53.7 Å². The number of hydrogen-bond acceptors (Lipinski definition) is 6. The normalized spacial score (nSPS) is 12.1. The first-order valence-electron chi connectivity index (χ1n) is 8.63. The second-order valence-electron chi connectivity index (χ2n) is 7.04. The molecular formula is C19H23N3O6. The van der Waals surface area contributed by atoms with Crippen LogP contribution in [0.5, 0.6) is 0 Å². The molecule has 1 aromatic heterocycles. The third-order valence-corrected chi connectivity index (χ3v) is 3.43. The molecule has 0 aliphatic heterocycles. The van der Waals surface area contributed by atoms with Gasteiger partial charge in [0.25, 0.3) is 5.91 Å². The molecule has 9 nitrogen and oxygen atoms in total. The monoisotopic (exact) mass is 389 g/mol. The van der Waals surface area contributed by atoms with E-state index >= 15 is 0 Å². The molecule has 0 saturated carbocycles. The minimum absolute atomic E-state index is 0.0831. The molecule has 28 heavy (non-hydrogen) atoms. The second-order valence-corrected chi connectivity index (χ2v) is 7.04. The number of benzene rings is 1. The third-order valence-electron chi connectivity index (χ3n) is 3.43. The Morgan fingerprint density at radius 2 is 1.89 bits per heavy atom. The molecule has 2 rings (SSSR count).